The van der Waals surface area contributed by atoms with E-state index >= 15 is 0 Å². The molecule has 0 bridgehead atoms. The summed E-state index contributed by atoms with van der Waals surface area (Å²) in [7, 11) is 0. The average Bonchev–Trinajstić information content (AvgIpc) is 3.42. The maximum absolute atomic E-state index is 14.9. The fraction of sp³-hybridized carbons (Fsp3) is 0.593. The van der Waals surface area contributed by atoms with Gasteiger partial charge in [0.25, 0.3) is 5.69 Å². The third-order valence-corrected chi connectivity index (χ3v) is 15.6. The molecular formula is C59H83N3O12S. The molecule has 75 heavy (non-hydrogen) atoms. The number of hydrogen-bond acceptors (Lipinski definition) is 14. The van der Waals surface area contributed by atoms with E-state index in [1.54, 1.807) is 34.9 Å². The van der Waals surface area contributed by atoms with Gasteiger partial charge in [0, 0.05) is 60.4 Å². The van der Waals surface area contributed by atoms with Gasteiger partial charge in [0.05, 0.1) is 56.2 Å². The number of oxime groups is 1. The molecule has 1 heterocycles. The predicted octanol–water partition coefficient (Wildman–Crippen LogP) is 12.0. The first kappa shape index (κ1) is 59.3. The number of ether oxygens (including phenoxy) is 5. The fourth-order valence-electron chi connectivity index (χ4n) is 11.0. The van der Waals surface area contributed by atoms with Gasteiger partial charge >= 0.3 is 6.09 Å². The van der Waals surface area contributed by atoms with Gasteiger partial charge in [-0.05, 0) is 97.5 Å². The number of carbonyl (C=O) groups is 1. The van der Waals surface area contributed by atoms with Crippen LogP contribution in [-0.4, -0.2) is 114 Å². The molecule has 3 N–H and O–H groups in total. The van der Waals surface area contributed by atoms with Crippen molar-refractivity contribution in [2.45, 2.75) is 145 Å². The van der Waals surface area contributed by atoms with Gasteiger partial charge < -0.3 is 43.8 Å². The van der Waals surface area contributed by atoms with Crippen LogP contribution in [0.2, 0.25) is 0 Å². The van der Waals surface area contributed by atoms with Crippen LogP contribution in [0.25, 0.3) is 0 Å². The largest absolute Gasteiger partial charge is 0.493 e. The normalized spacial score (nSPS) is 21.1. The second-order valence-electron chi connectivity index (χ2n) is 19.8. The highest BCUT2D eigenvalue weighted by Gasteiger charge is 2.65. The van der Waals surface area contributed by atoms with Gasteiger partial charge in [-0.1, -0.05) is 113 Å². The Bertz CT molecular complexity index is 2230. The number of nitro benzene ring substituents is 1. The quantitative estimate of drug-likeness (QED) is 0.0163. The molecule has 0 aromatic heterocycles. The zero-order valence-corrected chi connectivity index (χ0v) is 45.1. The molecule has 0 unspecified atom stereocenters. The Morgan fingerprint density at radius 1 is 0.867 bits per heavy atom. The SMILES string of the molecule is C=CCO[C@@]12Oc3ccc(OCCSc4ccccc4)cc3[C@H]3[C@H](CCCCO)[C@@H](CCCCO)C=C(C(=NOCc4ccc([N+](=O)[O-])cc4)C[C@@H]1N(CCOCCO)C(=O)OCCCCCCCCCCCC)[C@H]32. The Labute approximate surface area is 449 Å². The van der Waals surface area contributed by atoms with Gasteiger partial charge in [-0.25, -0.2) is 4.79 Å². The summed E-state index contributed by atoms with van der Waals surface area (Å²) >= 11 is 1.72. The highest BCUT2D eigenvalue weighted by molar-refractivity contribution is 7.99. The van der Waals surface area contributed by atoms with Crippen LogP contribution in [0.3, 0.4) is 0 Å². The molecule has 16 heteroatoms. The number of amides is 1. The Morgan fingerprint density at radius 2 is 1.59 bits per heavy atom. The van der Waals surface area contributed by atoms with Crippen molar-refractivity contribution >= 4 is 29.3 Å². The minimum absolute atomic E-state index is 0.00632. The zero-order chi connectivity index (χ0) is 53.1. The van der Waals surface area contributed by atoms with E-state index in [1.807, 2.05) is 30.3 Å². The summed E-state index contributed by atoms with van der Waals surface area (Å²) in [6, 6.07) is 21.5. The molecule has 15 nitrogen and oxygen atoms in total. The number of benzene rings is 3. The number of hydrogen-bond donors (Lipinski definition) is 3. The molecule has 1 amide bonds. The van der Waals surface area contributed by atoms with E-state index in [-0.39, 0.29) is 89.3 Å². The molecule has 0 spiro atoms. The van der Waals surface area contributed by atoms with Gasteiger partial charge in [0.2, 0.25) is 5.79 Å². The lowest BCUT2D eigenvalue weighted by atomic mass is 9.55. The van der Waals surface area contributed by atoms with E-state index in [2.05, 4.69) is 37.8 Å². The van der Waals surface area contributed by atoms with Crippen molar-refractivity contribution < 1.29 is 53.6 Å². The van der Waals surface area contributed by atoms with Gasteiger partial charge in [-0.3, -0.25) is 15.0 Å². The smallest absolute Gasteiger partial charge is 0.410 e. The second-order valence-corrected chi connectivity index (χ2v) is 21.0. The van der Waals surface area contributed by atoms with Crippen molar-refractivity contribution in [1.82, 2.24) is 4.90 Å². The summed E-state index contributed by atoms with van der Waals surface area (Å²) < 4.78 is 33.1. The minimum atomic E-state index is -1.53. The number of fused-ring (bicyclic) bond motifs is 2. The molecule has 0 radical (unpaired) electrons. The molecular weight excluding hydrogens is 975 g/mol. The zero-order valence-electron chi connectivity index (χ0n) is 44.2. The van der Waals surface area contributed by atoms with E-state index < -0.39 is 28.8 Å². The predicted molar refractivity (Wildman–Crippen MR) is 293 cm³/mol. The number of aliphatic hydroxyl groups excluding tert-OH is 3. The molecule has 3 aromatic rings. The number of nitrogens with zero attached hydrogens (tertiary/aromatic N) is 3. The molecule has 6 rings (SSSR count). The first-order chi connectivity index (χ1) is 36.8. The highest BCUT2D eigenvalue weighted by atomic mass is 32.2. The number of aliphatic hydroxyl groups is 3. The third kappa shape index (κ3) is 17.3. The van der Waals surface area contributed by atoms with Gasteiger partial charge in [0.15, 0.2) is 0 Å². The number of thioether (sulfide) groups is 1. The Balaban J connectivity index is 1.42. The van der Waals surface area contributed by atoms with Crippen molar-refractivity contribution in [3.05, 3.63) is 118 Å². The summed E-state index contributed by atoms with van der Waals surface area (Å²) in [5.74, 6) is -0.348. The fourth-order valence-corrected chi connectivity index (χ4v) is 11.8. The van der Waals surface area contributed by atoms with Crippen LogP contribution < -0.4 is 9.47 Å². The summed E-state index contributed by atoms with van der Waals surface area (Å²) in [6.45, 7) is 7.30. The number of nitro groups is 1. The Kier molecular flexibility index (Phi) is 25.7. The molecule has 2 aliphatic carbocycles. The van der Waals surface area contributed by atoms with Gasteiger partial charge in [-0.15, -0.1) is 18.3 Å². The molecule has 1 aliphatic heterocycles. The number of allylic oxidation sites excluding steroid dienone is 1. The number of unbranched alkanes of at least 4 members (excludes halogenated alkanes) is 11. The number of carbonyl (C=O) groups excluding carboxylic acids is 1. The lowest BCUT2D eigenvalue weighted by Gasteiger charge is -2.59. The second kappa shape index (κ2) is 32.6. The molecule has 1 saturated carbocycles. The molecule has 6 atom stereocenters. The van der Waals surface area contributed by atoms with Crippen molar-refractivity contribution in [2.75, 3.05) is 65.2 Å². The molecule has 3 aliphatic rings. The Hall–Kier alpha value is -4.97. The molecule has 412 valence electrons. The van der Waals surface area contributed by atoms with Crippen LogP contribution in [0.15, 0.2) is 107 Å². The van der Waals surface area contributed by atoms with Crippen LogP contribution in [0.4, 0.5) is 10.5 Å². The Morgan fingerprint density at radius 3 is 2.28 bits per heavy atom. The lowest BCUT2D eigenvalue weighted by molar-refractivity contribution is -0.384. The maximum atomic E-state index is 14.9. The maximum Gasteiger partial charge on any atom is 0.410 e. The average molecular weight is 1060 g/mol. The number of rotatable bonds is 37. The minimum Gasteiger partial charge on any atom is -0.493 e. The van der Waals surface area contributed by atoms with Crippen molar-refractivity contribution in [1.29, 1.82) is 0 Å². The van der Waals surface area contributed by atoms with Crippen LogP contribution in [-0.2, 0) is 25.7 Å². The van der Waals surface area contributed by atoms with Crippen molar-refractivity contribution in [3.63, 3.8) is 0 Å². The van der Waals surface area contributed by atoms with E-state index in [4.69, 9.17) is 33.7 Å². The van der Waals surface area contributed by atoms with Crippen LogP contribution >= 0.6 is 11.8 Å². The van der Waals surface area contributed by atoms with E-state index in [0.29, 0.717) is 48.6 Å². The van der Waals surface area contributed by atoms with Gasteiger partial charge in [-0.2, -0.15) is 0 Å². The monoisotopic (exact) mass is 1060 g/mol. The van der Waals surface area contributed by atoms with E-state index in [1.165, 1.54) is 50.7 Å². The van der Waals surface area contributed by atoms with Crippen LogP contribution in [0.1, 0.15) is 133 Å². The summed E-state index contributed by atoms with van der Waals surface area (Å²) in [6.07, 6.45) is 19.3. The topological polar surface area (TPSA) is 192 Å². The lowest BCUT2D eigenvalue weighted by Crippen LogP contribution is -2.70. The van der Waals surface area contributed by atoms with Crippen LogP contribution in [0.5, 0.6) is 11.5 Å². The van der Waals surface area contributed by atoms with Gasteiger partial charge in [0.1, 0.15) is 24.1 Å². The standard InChI is InChI=1S/C59H83N3O12S/c1-3-5-6-7-8-9-10-11-12-20-36-71-58(66)61(31-37-69-38-34-65)55-43-53(60-73-44-45-25-27-47(28-26-45)62(67)68)51-41-46(21-16-18-32-63)50(24-17-19-33-64)56-52-42-48(70-39-40-75-49-22-14-13-15-23-49)29-30-54(52)74-59(55,57(51)56)72-35-4-2/h4,13-15,22-23,25-30,41-42,46,50,55-57,63-65H,2-3,5-12,16-21,24,31-40,43-44H2,1H3/t46-,50+,55-,56+,57+,59+/m0/s1. The van der Waals surface area contributed by atoms with Crippen molar-refractivity contribution in [2.24, 2.45) is 22.9 Å². The molecule has 3 aromatic carbocycles. The third-order valence-electron chi connectivity index (χ3n) is 14.6. The summed E-state index contributed by atoms with van der Waals surface area (Å²) in [5, 5.41) is 46.2. The summed E-state index contributed by atoms with van der Waals surface area (Å²) in [5.41, 5.74) is 3.05. The first-order valence-electron chi connectivity index (χ1n) is 27.6. The van der Waals surface area contributed by atoms with E-state index in [9.17, 15) is 30.2 Å². The van der Waals surface area contributed by atoms with E-state index in [0.717, 1.165) is 66.7 Å². The molecule has 1 fully saturated rings. The molecule has 0 saturated heterocycles. The van der Waals surface area contributed by atoms with Crippen LogP contribution in [0, 0.1) is 27.9 Å². The highest BCUT2D eigenvalue weighted by Crippen LogP contribution is 2.62. The van der Waals surface area contributed by atoms with Crippen molar-refractivity contribution in [3.8, 4) is 11.5 Å². The number of non-ortho nitro benzene ring substituents is 1. The summed E-state index contributed by atoms with van der Waals surface area (Å²) in [4.78, 5) is 35.0. The first-order valence-corrected chi connectivity index (χ1v) is 28.6.